The molecule has 16 heavy (non-hydrogen) atoms. The lowest BCUT2D eigenvalue weighted by Crippen LogP contribution is -2.12. The number of hydrogen-bond acceptors (Lipinski definition) is 4. The van der Waals surface area contributed by atoms with E-state index in [1.165, 1.54) is 11.8 Å². The predicted octanol–water partition coefficient (Wildman–Crippen LogP) is 2.46. The highest BCUT2D eigenvalue weighted by atomic mass is 35.5. The highest BCUT2D eigenvalue weighted by Crippen LogP contribution is 2.11. The molecule has 0 aliphatic rings. The summed E-state index contributed by atoms with van der Waals surface area (Å²) in [6.07, 6.45) is 0. The molecular weight excluding hydrogens is 246 g/mol. The van der Waals surface area contributed by atoms with Gasteiger partial charge in [-0.15, -0.1) is 23.4 Å². The summed E-state index contributed by atoms with van der Waals surface area (Å²) in [4.78, 5) is 11.3. The molecule has 0 radical (unpaired) electrons. The highest BCUT2D eigenvalue weighted by Gasteiger charge is 2.07. The zero-order valence-corrected chi connectivity index (χ0v) is 10.0. The fourth-order valence-electron chi connectivity index (χ4n) is 0.932. The molecule has 0 amide bonds. The average molecular weight is 256 g/mol. The number of benzene rings is 1. The van der Waals surface area contributed by atoms with E-state index in [9.17, 15) is 4.79 Å². The van der Waals surface area contributed by atoms with Crippen molar-refractivity contribution in [2.75, 3.05) is 11.5 Å². The highest BCUT2D eigenvalue weighted by molar-refractivity contribution is 8.00. The first-order valence-electron chi connectivity index (χ1n) is 4.59. The zero-order valence-electron chi connectivity index (χ0n) is 8.43. The number of para-hydroxylation sites is 1. The molecule has 0 saturated carbocycles. The molecule has 0 saturated heterocycles. The molecule has 0 heterocycles. The van der Waals surface area contributed by atoms with E-state index >= 15 is 0 Å². The van der Waals surface area contributed by atoms with Crippen LogP contribution in [-0.2, 0) is 4.79 Å². The maximum absolute atomic E-state index is 11.3. The van der Waals surface area contributed by atoms with Crippen LogP contribution in [0, 0.1) is 11.3 Å². The first-order valence-corrected chi connectivity index (χ1v) is 6.18. The van der Waals surface area contributed by atoms with Gasteiger partial charge in [0.05, 0.1) is 11.8 Å². The Bertz CT molecular complexity index is 377. The van der Waals surface area contributed by atoms with E-state index < -0.39 is 5.38 Å². The van der Waals surface area contributed by atoms with E-state index in [1.54, 1.807) is 24.3 Å². The first kappa shape index (κ1) is 12.9. The molecule has 0 aliphatic carbocycles. The molecule has 84 valence electrons. The van der Waals surface area contributed by atoms with Gasteiger partial charge in [-0.25, -0.2) is 0 Å². The van der Waals surface area contributed by atoms with Crippen molar-refractivity contribution in [1.29, 1.82) is 5.26 Å². The topological polar surface area (TPSA) is 50.1 Å². The summed E-state index contributed by atoms with van der Waals surface area (Å²) in [7, 11) is 0. The quantitative estimate of drug-likeness (QED) is 0.461. The van der Waals surface area contributed by atoms with Gasteiger partial charge in [0.25, 0.3) is 0 Å². The number of hydrogen-bond donors (Lipinski definition) is 0. The second-order valence-corrected chi connectivity index (χ2v) is 4.46. The number of thioether (sulfide) groups is 1. The minimum Gasteiger partial charge on any atom is -0.426 e. The molecule has 1 unspecified atom stereocenters. The smallest absolute Gasteiger partial charge is 0.321 e. The number of rotatable bonds is 5. The van der Waals surface area contributed by atoms with Crippen molar-refractivity contribution < 1.29 is 9.53 Å². The largest absolute Gasteiger partial charge is 0.426 e. The second-order valence-electron chi connectivity index (χ2n) is 2.90. The van der Waals surface area contributed by atoms with Gasteiger partial charge in [-0.05, 0) is 12.1 Å². The lowest BCUT2D eigenvalue weighted by atomic mass is 10.3. The number of carbonyl (C=O) groups is 1. The average Bonchev–Trinajstić information content (AvgIpc) is 2.30. The van der Waals surface area contributed by atoms with Crippen molar-refractivity contribution in [3.8, 4) is 11.8 Å². The van der Waals surface area contributed by atoms with Crippen LogP contribution in [-0.4, -0.2) is 22.9 Å². The van der Waals surface area contributed by atoms with Crippen LogP contribution in [0.5, 0.6) is 5.75 Å². The van der Waals surface area contributed by atoms with Gasteiger partial charge in [0.2, 0.25) is 0 Å². The molecule has 5 heteroatoms. The monoisotopic (exact) mass is 255 g/mol. The van der Waals surface area contributed by atoms with Crippen LogP contribution in [0.25, 0.3) is 0 Å². The van der Waals surface area contributed by atoms with Crippen molar-refractivity contribution in [3.05, 3.63) is 30.3 Å². The van der Waals surface area contributed by atoms with Gasteiger partial charge in [-0.1, -0.05) is 18.2 Å². The number of carbonyl (C=O) groups excluding carboxylic acids is 1. The summed E-state index contributed by atoms with van der Waals surface area (Å²) >= 11 is 6.86. The van der Waals surface area contributed by atoms with Crippen LogP contribution in [0.4, 0.5) is 0 Å². The summed E-state index contributed by atoms with van der Waals surface area (Å²) in [5.74, 6) is 0.802. The fraction of sp³-hybridized carbons (Fsp3) is 0.273. The van der Waals surface area contributed by atoms with E-state index in [0.29, 0.717) is 11.5 Å². The standard InChI is InChI=1S/C11H10ClNO2S/c12-9(6-13)7-16-8-11(14)15-10-4-2-1-3-5-10/h1-5,9H,7-8H2. The van der Waals surface area contributed by atoms with Crippen LogP contribution in [0.1, 0.15) is 0 Å². The van der Waals surface area contributed by atoms with Gasteiger partial charge in [-0.3, -0.25) is 4.79 Å². The lowest BCUT2D eigenvalue weighted by Gasteiger charge is -2.03. The number of nitriles is 1. The maximum atomic E-state index is 11.3. The van der Waals surface area contributed by atoms with E-state index in [1.807, 2.05) is 12.1 Å². The summed E-state index contributed by atoms with van der Waals surface area (Å²) in [6, 6.07) is 10.7. The van der Waals surface area contributed by atoms with Gasteiger partial charge in [0.1, 0.15) is 11.1 Å². The Morgan fingerprint density at radius 3 is 2.81 bits per heavy atom. The summed E-state index contributed by atoms with van der Waals surface area (Å²) in [6.45, 7) is 0. The van der Waals surface area contributed by atoms with Crippen LogP contribution >= 0.6 is 23.4 Å². The third-order valence-electron chi connectivity index (χ3n) is 1.60. The number of alkyl halides is 1. The Hall–Kier alpha value is -1.18. The molecule has 0 aromatic heterocycles. The van der Waals surface area contributed by atoms with Crippen molar-refractivity contribution >= 4 is 29.3 Å². The Kier molecular flexibility index (Phi) is 5.76. The van der Waals surface area contributed by atoms with Crippen molar-refractivity contribution in [1.82, 2.24) is 0 Å². The van der Waals surface area contributed by atoms with Crippen molar-refractivity contribution in [2.45, 2.75) is 5.38 Å². The molecule has 3 nitrogen and oxygen atoms in total. The second kappa shape index (κ2) is 7.15. The zero-order chi connectivity index (χ0) is 11.8. The van der Waals surface area contributed by atoms with Gasteiger partial charge >= 0.3 is 5.97 Å². The summed E-state index contributed by atoms with van der Waals surface area (Å²) in [5.41, 5.74) is 0. The van der Waals surface area contributed by atoms with Crippen LogP contribution in [0.3, 0.4) is 0 Å². The third kappa shape index (κ3) is 5.06. The summed E-state index contributed by atoms with van der Waals surface area (Å²) < 4.78 is 5.04. The minimum absolute atomic E-state index is 0.194. The number of halogens is 1. The van der Waals surface area contributed by atoms with Gasteiger partial charge in [-0.2, -0.15) is 5.26 Å². The Labute approximate surface area is 103 Å². The maximum Gasteiger partial charge on any atom is 0.321 e. The minimum atomic E-state index is -0.561. The predicted molar refractivity (Wildman–Crippen MR) is 64.7 cm³/mol. The summed E-state index contributed by atoms with van der Waals surface area (Å²) in [5, 5.41) is 7.86. The van der Waals surface area contributed by atoms with E-state index in [2.05, 4.69) is 0 Å². The normalized spacial score (nSPS) is 11.5. The molecule has 0 aliphatic heterocycles. The van der Waals surface area contributed by atoms with Gasteiger partial charge < -0.3 is 4.74 Å². The van der Waals surface area contributed by atoms with E-state index in [4.69, 9.17) is 21.6 Å². The van der Waals surface area contributed by atoms with Crippen LogP contribution < -0.4 is 4.74 Å². The first-order chi connectivity index (χ1) is 7.72. The fourth-order valence-corrected chi connectivity index (χ4v) is 1.82. The Balaban J connectivity index is 2.25. The molecule has 0 N–H and O–H groups in total. The number of nitrogens with zero attached hydrogens (tertiary/aromatic N) is 1. The molecule has 1 aromatic carbocycles. The van der Waals surface area contributed by atoms with Gasteiger partial charge in [0, 0.05) is 5.75 Å². The van der Waals surface area contributed by atoms with Crippen LogP contribution in [0.15, 0.2) is 30.3 Å². The van der Waals surface area contributed by atoms with E-state index in [0.717, 1.165) is 0 Å². The third-order valence-corrected chi connectivity index (χ3v) is 3.04. The van der Waals surface area contributed by atoms with Crippen molar-refractivity contribution in [3.63, 3.8) is 0 Å². The molecule has 0 fully saturated rings. The number of esters is 1. The molecule has 1 rings (SSSR count). The lowest BCUT2D eigenvalue weighted by molar-refractivity contribution is -0.131. The molecule has 1 aromatic rings. The molecular formula is C11H10ClNO2S. The molecule has 0 bridgehead atoms. The molecule has 1 atom stereocenters. The van der Waals surface area contributed by atoms with Crippen molar-refractivity contribution in [2.24, 2.45) is 0 Å². The van der Waals surface area contributed by atoms with Gasteiger partial charge in [0.15, 0.2) is 0 Å². The molecule has 0 spiro atoms. The SMILES string of the molecule is N#CC(Cl)CSCC(=O)Oc1ccccc1. The van der Waals surface area contributed by atoms with E-state index in [-0.39, 0.29) is 11.7 Å². The Morgan fingerprint density at radius 2 is 2.19 bits per heavy atom. The number of ether oxygens (including phenoxy) is 1. The van der Waals surface area contributed by atoms with Crippen LogP contribution in [0.2, 0.25) is 0 Å². The Morgan fingerprint density at radius 1 is 1.50 bits per heavy atom.